The maximum atomic E-state index is 13.3. The summed E-state index contributed by atoms with van der Waals surface area (Å²) in [4.78, 5) is 84.4. The van der Waals surface area contributed by atoms with Crippen molar-refractivity contribution in [1.82, 2.24) is 20.5 Å². The Morgan fingerprint density at radius 3 is 2.54 bits per heavy atom. The highest BCUT2D eigenvalue weighted by Gasteiger charge is 2.54. The van der Waals surface area contributed by atoms with Crippen molar-refractivity contribution in [2.24, 2.45) is 5.16 Å². The number of thioether (sulfide) groups is 1. The van der Waals surface area contributed by atoms with Gasteiger partial charge in [0.05, 0.1) is 11.4 Å². The predicted molar refractivity (Wildman–Crippen MR) is 172 cm³/mol. The van der Waals surface area contributed by atoms with Crippen LogP contribution < -0.4 is 27.0 Å². The summed E-state index contributed by atoms with van der Waals surface area (Å²) in [6.45, 7) is 2.04. The van der Waals surface area contributed by atoms with E-state index in [4.69, 9.17) is 15.3 Å². The smallest absolute Gasteiger partial charge is 0.504 e. The number of benzene rings is 1. The summed E-state index contributed by atoms with van der Waals surface area (Å²) in [5, 5.41) is 62.6. The van der Waals surface area contributed by atoms with Crippen molar-refractivity contribution in [3.8, 4) is 11.5 Å². The number of aromatic hydroxyl groups is 2. The summed E-state index contributed by atoms with van der Waals surface area (Å²) in [6.07, 6.45) is -0.614. The number of hydrogen-bond donors (Lipinski definition) is 10. The van der Waals surface area contributed by atoms with Crippen LogP contribution >= 0.6 is 23.1 Å². The number of carboxylic acid groups (broad SMARTS) is 3. The van der Waals surface area contributed by atoms with Crippen molar-refractivity contribution in [1.29, 1.82) is 0 Å². The van der Waals surface area contributed by atoms with E-state index < -0.39 is 81.5 Å². The number of phenols is 2. The van der Waals surface area contributed by atoms with Gasteiger partial charge in [0.1, 0.15) is 28.4 Å². The lowest BCUT2D eigenvalue weighted by Crippen LogP contribution is -2.70. The van der Waals surface area contributed by atoms with Gasteiger partial charge in [-0.25, -0.2) is 19.4 Å². The Morgan fingerprint density at radius 2 is 1.92 bits per heavy atom. The second kappa shape index (κ2) is 13.3. The average Bonchev–Trinajstić information content (AvgIpc) is 3.47. The number of nitrogens with two attached hydrogens (primary N) is 1. The number of aliphatic carboxylic acids is 1. The number of rotatable bonds is 11. The lowest BCUT2D eigenvalue weighted by Gasteiger charge is -2.49. The number of carbonyl (C=O) groups is 6. The summed E-state index contributed by atoms with van der Waals surface area (Å²) in [7, 11) is 0. The van der Waals surface area contributed by atoms with Crippen molar-refractivity contribution in [2.45, 2.75) is 30.9 Å². The number of ether oxygens (including phenoxy) is 1. The molecule has 21 nitrogen and oxygen atoms in total. The fourth-order valence-electron chi connectivity index (χ4n) is 4.58. The molecule has 5 rings (SSSR count). The third-order valence-electron chi connectivity index (χ3n) is 7.16. The number of thiazole rings is 1. The number of β-lactam (4-membered cyclic amide) rings is 1. The van der Waals surface area contributed by atoms with Crippen molar-refractivity contribution in [3.05, 3.63) is 46.1 Å². The fourth-order valence-corrected chi connectivity index (χ4v) is 6.45. The third kappa shape index (κ3) is 6.70. The average molecular weight is 735 g/mol. The van der Waals surface area contributed by atoms with E-state index in [0.717, 1.165) is 40.3 Å². The number of phenolic OH excluding ortho intramolecular Hbond substituents is 1. The van der Waals surface area contributed by atoms with Crippen LogP contribution in [0.2, 0.25) is 0 Å². The van der Waals surface area contributed by atoms with E-state index >= 15 is 0 Å². The molecule has 0 aliphatic carbocycles. The predicted octanol–water partition coefficient (Wildman–Crippen LogP) is 0.220. The zero-order valence-electron chi connectivity index (χ0n) is 25.5. The SMILES string of the molecule is CC(C)(O/N=C(\C(=O)NC1C(=O)N2C(OC(=O)O)=C(CNC(=O)C3=CNc4cc(O)c(O)c(C(=O)O)c4N3)CS[C@@H]12)c1csc(N)n1)C(=O)O. The Balaban J connectivity index is 1.31. The molecule has 0 spiro atoms. The van der Waals surface area contributed by atoms with E-state index in [1.807, 2.05) is 0 Å². The van der Waals surface area contributed by atoms with Crippen molar-refractivity contribution < 1.29 is 63.9 Å². The molecule has 1 saturated heterocycles. The number of hydrogen-bond acceptors (Lipinski definition) is 17. The first-order valence-corrected chi connectivity index (χ1v) is 15.9. The molecule has 2 atom stereocenters. The fraction of sp³-hybridized carbons (Fsp3) is 0.259. The lowest BCUT2D eigenvalue weighted by atomic mass is 10.1. The quantitative estimate of drug-likeness (QED) is 0.0368. The van der Waals surface area contributed by atoms with Crippen LogP contribution in [-0.4, -0.2) is 106 Å². The maximum Gasteiger partial charge on any atom is 0.512 e. The van der Waals surface area contributed by atoms with Crippen LogP contribution in [0.4, 0.5) is 21.3 Å². The van der Waals surface area contributed by atoms with Gasteiger partial charge >= 0.3 is 18.1 Å². The number of anilines is 3. The molecule has 3 amide bonds. The molecular weight excluding hydrogens is 708 g/mol. The molecule has 1 aromatic carbocycles. The summed E-state index contributed by atoms with van der Waals surface area (Å²) in [5.74, 6) is -7.60. The number of fused-ring (bicyclic) bond motifs is 2. The molecule has 0 bridgehead atoms. The Bertz CT molecular complexity index is 1940. The van der Waals surface area contributed by atoms with Gasteiger partial charge in [-0.3, -0.25) is 19.3 Å². The van der Waals surface area contributed by atoms with Crippen LogP contribution in [0.5, 0.6) is 11.5 Å². The van der Waals surface area contributed by atoms with E-state index in [1.165, 1.54) is 19.2 Å². The van der Waals surface area contributed by atoms with Gasteiger partial charge in [0.25, 0.3) is 17.7 Å². The Kier molecular flexibility index (Phi) is 9.37. The molecule has 1 unspecified atom stereocenters. The second-order valence-electron chi connectivity index (χ2n) is 10.9. The first-order chi connectivity index (χ1) is 23.5. The summed E-state index contributed by atoms with van der Waals surface area (Å²) < 4.78 is 4.91. The van der Waals surface area contributed by atoms with Gasteiger partial charge in [-0.05, 0) is 13.8 Å². The van der Waals surface area contributed by atoms with E-state index in [1.54, 1.807) is 0 Å². The van der Waals surface area contributed by atoms with Crippen molar-refractivity contribution >= 4 is 81.1 Å². The minimum Gasteiger partial charge on any atom is -0.504 e. The van der Waals surface area contributed by atoms with Gasteiger partial charge in [0.2, 0.25) is 11.5 Å². The van der Waals surface area contributed by atoms with Gasteiger partial charge in [-0.1, -0.05) is 5.16 Å². The molecule has 3 aliphatic rings. The summed E-state index contributed by atoms with van der Waals surface area (Å²) in [6, 6.07) is -0.187. The van der Waals surface area contributed by atoms with Crippen LogP contribution in [0.25, 0.3) is 0 Å². The minimum atomic E-state index is -1.84. The van der Waals surface area contributed by atoms with Gasteiger partial charge in [0.15, 0.2) is 22.3 Å². The highest BCUT2D eigenvalue weighted by molar-refractivity contribution is 8.00. The molecule has 23 heteroatoms. The van der Waals surface area contributed by atoms with E-state index in [-0.39, 0.29) is 45.8 Å². The van der Waals surface area contributed by atoms with E-state index in [0.29, 0.717) is 0 Å². The molecule has 1 fully saturated rings. The van der Waals surface area contributed by atoms with Crippen molar-refractivity contribution in [2.75, 3.05) is 28.7 Å². The molecule has 4 heterocycles. The number of aromatic carboxylic acids is 1. The summed E-state index contributed by atoms with van der Waals surface area (Å²) >= 11 is 2.05. The maximum absolute atomic E-state index is 13.3. The zero-order valence-corrected chi connectivity index (χ0v) is 27.2. The molecule has 1 aromatic heterocycles. The molecule has 0 saturated carbocycles. The first kappa shape index (κ1) is 35.1. The highest BCUT2D eigenvalue weighted by atomic mass is 32.2. The first-order valence-electron chi connectivity index (χ1n) is 13.9. The topological polar surface area (TPSA) is 325 Å². The van der Waals surface area contributed by atoms with Crippen molar-refractivity contribution in [3.63, 3.8) is 0 Å². The molecule has 3 aliphatic heterocycles. The van der Waals surface area contributed by atoms with Crippen LogP contribution in [0.1, 0.15) is 29.9 Å². The third-order valence-corrected chi connectivity index (χ3v) is 9.17. The molecular formula is C27H26N8O13S2. The van der Waals surface area contributed by atoms with E-state index in [2.05, 4.69) is 31.4 Å². The number of nitrogens with one attached hydrogen (secondary N) is 4. The molecule has 264 valence electrons. The largest absolute Gasteiger partial charge is 0.512 e. The lowest BCUT2D eigenvalue weighted by molar-refractivity contribution is -0.161. The van der Waals surface area contributed by atoms with Crippen LogP contribution in [0, 0.1) is 0 Å². The summed E-state index contributed by atoms with van der Waals surface area (Å²) in [5.41, 5.74) is 2.36. The van der Waals surface area contributed by atoms with E-state index in [9.17, 15) is 54.3 Å². The van der Waals surface area contributed by atoms with Crippen LogP contribution in [-0.2, 0) is 28.8 Å². The number of carbonyl (C=O) groups excluding carboxylic acids is 3. The standard InChI is InChI=1S/C27H26N8O13S2/c1-27(2,24(43)44)48-34-15(11-7-50-25(28)32-11)19(39)33-16-20(40)35-21(47-26(45)46)8(6-49-22(16)35)4-30-18(38)10-5-29-9-3-12(36)17(37)13(23(41)42)14(9)31-10/h3,5,7,16,22,29,31,36-37H,4,6H2,1-2H3,(H2,28,32)(H,30,38)(H,33,39)(H,41,42)(H,43,44)(H,45,46)/b34-15-/t16?,22-/m0/s1. The van der Waals surface area contributed by atoms with Crippen LogP contribution in [0.15, 0.2) is 40.0 Å². The molecule has 2 aromatic rings. The number of nitrogen functional groups attached to an aromatic ring is 1. The highest BCUT2D eigenvalue weighted by Crippen LogP contribution is 2.43. The van der Waals surface area contributed by atoms with Gasteiger partial charge in [-0.15, -0.1) is 23.1 Å². The molecule has 11 N–H and O–H groups in total. The Labute approximate surface area is 287 Å². The van der Waals surface area contributed by atoms with Gasteiger partial charge in [0, 0.05) is 35.5 Å². The zero-order chi connectivity index (χ0) is 36.7. The number of oxime groups is 1. The Morgan fingerprint density at radius 1 is 1.20 bits per heavy atom. The number of amides is 3. The minimum absolute atomic E-state index is 0.00700. The van der Waals surface area contributed by atoms with Crippen LogP contribution in [0.3, 0.4) is 0 Å². The monoisotopic (exact) mass is 734 g/mol. The second-order valence-corrected chi connectivity index (χ2v) is 12.9. The molecule has 0 radical (unpaired) electrons. The molecule has 50 heavy (non-hydrogen) atoms. The number of aromatic nitrogens is 1. The Hall–Kier alpha value is -6.23. The number of nitrogens with zero attached hydrogens (tertiary/aromatic N) is 3. The number of carboxylic acids is 2. The van der Waals surface area contributed by atoms with Gasteiger partial charge < -0.3 is 62.1 Å². The normalized spacial score (nSPS) is 18.3. The van der Waals surface area contributed by atoms with Gasteiger partial charge in [-0.2, -0.15) is 0 Å².